The fraction of sp³-hybridized carbons (Fsp3) is 0.632. The lowest BCUT2D eigenvalue weighted by Gasteiger charge is -2.33. The van der Waals surface area contributed by atoms with Crippen molar-refractivity contribution in [1.82, 2.24) is 14.9 Å². The first-order chi connectivity index (χ1) is 12.3. The van der Waals surface area contributed by atoms with Crippen molar-refractivity contribution in [3.05, 3.63) is 26.6 Å². The lowest BCUT2D eigenvalue weighted by atomic mass is 9.88. The predicted molar refractivity (Wildman–Crippen MR) is 113 cm³/mol. The number of carbonyl (C=O) groups is 1. The largest absolute Gasteiger partial charge is 0.345 e. The van der Waals surface area contributed by atoms with Crippen LogP contribution in [-0.2, 0) is 13.0 Å². The molecule has 0 bridgehead atoms. The molecule has 0 saturated heterocycles. The summed E-state index contributed by atoms with van der Waals surface area (Å²) in [4.78, 5) is 31.9. The summed E-state index contributed by atoms with van der Waals surface area (Å²) in [6, 6.07) is 0. The molecular formula is C19H29ClN4O2S. The van der Waals surface area contributed by atoms with Crippen molar-refractivity contribution in [2.75, 3.05) is 6.54 Å². The average Bonchev–Trinajstić information content (AvgIpc) is 2.77. The van der Waals surface area contributed by atoms with Gasteiger partial charge in [-0.3, -0.25) is 14.2 Å². The van der Waals surface area contributed by atoms with Gasteiger partial charge in [-0.05, 0) is 38.2 Å². The number of amides is 1. The predicted octanol–water partition coefficient (Wildman–Crippen LogP) is 3.02. The van der Waals surface area contributed by atoms with Crippen LogP contribution in [0.2, 0.25) is 0 Å². The summed E-state index contributed by atoms with van der Waals surface area (Å²) >= 11 is 1.31. The molecule has 150 valence electrons. The highest BCUT2D eigenvalue weighted by molar-refractivity contribution is 7.20. The van der Waals surface area contributed by atoms with Crippen LogP contribution in [0.25, 0.3) is 10.2 Å². The topological polar surface area (TPSA) is 90.0 Å². The molecule has 0 saturated carbocycles. The van der Waals surface area contributed by atoms with Gasteiger partial charge >= 0.3 is 0 Å². The summed E-state index contributed by atoms with van der Waals surface area (Å²) in [5.41, 5.74) is 6.12. The highest BCUT2D eigenvalue weighted by Crippen LogP contribution is 2.29. The fourth-order valence-electron chi connectivity index (χ4n) is 3.37. The van der Waals surface area contributed by atoms with Gasteiger partial charge in [0.15, 0.2) is 0 Å². The molecule has 27 heavy (non-hydrogen) atoms. The van der Waals surface area contributed by atoms with Gasteiger partial charge in [-0.25, -0.2) is 4.98 Å². The monoisotopic (exact) mass is 412 g/mol. The molecular weight excluding hydrogens is 384 g/mol. The quantitative estimate of drug-likeness (QED) is 0.807. The second kappa shape index (κ2) is 8.29. The minimum absolute atomic E-state index is 0. The van der Waals surface area contributed by atoms with Crippen molar-refractivity contribution in [3.8, 4) is 0 Å². The maximum absolute atomic E-state index is 13.0. The second-order valence-electron chi connectivity index (χ2n) is 7.76. The van der Waals surface area contributed by atoms with Crippen molar-refractivity contribution >= 4 is 39.9 Å². The smallest absolute Gasteiger partial charge is 0.262 e. The van der Waals surface area contributed by atoms with Gasteiger partial charge in [0, 0.05) is 19.5 Å². The normalized spacial score (nSPS) is 16.4. The van der Waals surface area contributed by atoms with E-state index in [0.29, 0.717) is 28.2 Å². The van der Waals surface area contributed by atoms with Gasteiger partial charge in [0.25, 0.3) is 11.5 Å². The molecule has 3 rings (SSSR count). The summed E-state index contributed by atoms with van der Waals surface area (Å²) in [5, 5.41) is 3.66. The molecule has 0 radical (unpaired) electrons. The summed E-state index contributed by atoms with van der Waals surface area (Å²) in [6.45, 7) is 8.94. The van der Waals surface area contributed by atoms with Gasteiger partial charge in [0.1, 0.15) is 10.7 Å². The number of nitrogens with zero attached hydrogens (tertiary/aromatic N) is 2. The Hall–Kier alpha value is -1.44. The number of rotatable bonds is 4. The Kier molecular flexibility index (Phi) is 6.71. The van der Waals surface area contributed by atoms with E-state index in [9.17, 15) is 9.59 Å². The van der Waals surface area contributed by atoms with E-state index < -0.39 is 5.54 Å². The van der Waals surface area contributed by atoms with Gasteiger partial charge in [0.05, 0.1) is 15.8 Å². The van der Waals surface area contributed by atoms with E-state index in [1.807, 2.05) is 27.7 Å². The molecule has 8 heteroatoms. The third-order valence-electron chi connectivity index (χ3n) is 5.72. The van der Waals surface area contributed by atoms with Crippen LogP contribution < -0.4 is 16.6 Å². The molecule has 2 aromatic rings. The van der Waals surface area contributed by atoms with Crippen LogP contribution in [-0.4, -0.2) is 27.5 Å². The Morgan fingerprint density at radius 1 is 1.37 bits per heavy atom. The third kappa shape index (κ3) is 3.91. The molecule has 2 aromatic heterocycles. The van der Waals surface area contributed by atoms with Crippen LogP contribution in [0.3, 0.4) is 0 Å². The average molecular weight is 413 g/mol. The molecule has 0 aromatic carbocycles. The van der Waals surface area contributed by atoms with Gasteiger partial charge in [-0.2, -0.15) is 0 Å². The van der Waals surface area contributed by atoms with Crippen LogP contribution in [0.1, 0.15) is 61.1 Å². The van der Waals surface area contributed by atoms with Gasteiger partial charge in [-0.15, -0.1) is 23.7 Å². The number of nitrogens with two attached hydrogens (primary N) is 1. The summed E-state index contributed by atoms with van der Waals surface area (Å²) in [7, 11) is 0. The molecule has 1 amide bonds. The lowest BCUT2D eigenvalue weighted by molar-refractivity contribution is 0.0887. The molecule has 0 spiro atoms. The first kappa shape index (κ1) is 21.9. The number of hydrogen-bond acceptors (Lipinski definition) is 5. The van der Waals surface area contributed by atoms with E-state index in [4.69, 9.17) is 10.7 Å². The van der Waals surface area contributed by atoms with Crippen LogP contribution in [0, 0.1) is 12.8 Å². The summed E-state index contributed by atoms with van der Waals surface area (Å²) in [5.74, 6) is 0.875. The van der Waals surface area contributed by atoms with Crippen molar-refractivity contribution in [2.24, 2.45) is 11.7 Å². The Morgan fingerprint density at radius 2 is 2.07 bits per heavy atom. The van der Waals surface area contributed by atoms with Crippen LogP contribution >= 0.6 is 23.7 Å². The highest BCUT2D eigenvalue weighted by Gasteiger charge is 2.31. The molecule has 1 atom stereocenters. The maximum Gasteiger partial charge on any atom is 0.262 e. The Morgan fingerprint density at radius 3 is 2.70 bits per heavy atom. The Labute approximate surface area is 170 Å². The van der Waals surface area contributed by atoms with Gasteiger partial charge < -0.3 is 11.1 Å². The molecule has 3 N–H and O–H groups in total. The summed E-state index contributed by atoms with van der Waals surface area (Å²) in [6.07, 6.45) is 4.00. The zero-order chi connectivity index (χ0) is 19.1. The second-order valence-corrected chi connectivity index (χ2v) is 8.76. The molecule has 0 aliphatic carbocycles. The van der Waals surface area contributed by atoms with Gasteiger partial charge in [-0.1, -0.05) is 20.3 Å². The van der Waals surface area contributed by atoms with E-state index in [1.54, 1.807) is 4.57 Å². The Bertz CT molecular complexity index is 905. The number of nitrogens with one attached hydrogen (secondary N) is 1. The molecule has 1 aliphatic heterocycles. The number of halogens is 1. The third-order valence-corrected chi connectivity index (χ3v) is 6.90. The molecule has 1 unspecified atom stereocenters. The molecule has 3 heterocycles. The van der Waals surface area contributed by atoms with Crippen molar-refractivity contribution in [1.29, 1.82) is 0 Å². The van der Waals surface area contributed by atoms with Crippen molar-refractivity contribution < 1.29 is 4.79 Å². The number of aryl methyl sites for hydroxylation is 2. The first-order valence-corrected chi connectivity index (χ1v) is 10.2. The zero-order valence-electron chi connectivity index (χ0n) is 16.4. The number of thiophene rings is 1. The number of aromatic nitrogens is 2. The minimum Gasteiger partial charge on any atom is -0.345 e. The van der Waals surface area contributed by atoms with Gasteiger partial charge in [0.2, 0.25) is 0 Å². The Balaban J connectivity index is 0.00000261. The summed E-state index contributed by atoms with van der Waals surface area (Å²) < 4.78 is 1.80. The van der Waals surface area contributed by atoms with Crippen LogP contribution in [0.15, 0.2) is 4.79 Å². The van der Waals surface area contributed by atoms with Crippen molar-refractivity contribution in [3.63, 3.8) is 0 Å². The van der Waals surface area contributed by atoms with E-state index in [1.165, 1.54) is 11.3 Å². The van der Waals surface area contributed by atoms with Crippen LogP contribution in [0.5, 0.6) is 0 Å². The number of fused-ring (bicyclic) bond motifs is 2. The zero-order valence-corrected chi connectivity index (χ0v) is 18.1. The van der Waals surface area contributed by atoms with E-state index in [2.05, 4.69) is 5.32 Å². The van der Waals surface area contributed by atoms with E-state index in [0.717, 1.165) is 37.1 Å². The first-order valence-electron chi connectivity index (χ1n) is 9.34. The van der Waals surface area contributed by atoms with Crippen LogP contribution in [0.4, 0.5) is 0 Å². The maximum atomic E-state index is 13.0. The lowest BCUT2D eigenvalue weighted by Crippen LogP contribution is -2.54. The van der Waals surface area contributed by atoms with Crippen molar-refractivity contribution in [2.45, 2.75) is 65.5 Å². The standard InChI is InChI=1S/C19H28N4O2S.ClH/c1-11(2)19(4,10-20)22-16(24)15-12(3)14-17(26-15)21-13-8-6-5-7-9-23(13)18(14)25;/h11H,5-10,20H2,1-4H3,(H,22,24);1H. The number of hydrogen-bond donors (Lipinski definition) is 2. The SMILES string of the molecule is Cc1c(C(=O)NC(C)(CN)C(C)C)sc2nc3n(c(=O)c12)CCCCC3.Cl. The fourth-order valence-corrected chi connectivity index (χ4v) is 4.46. The molecule has 1 aliphatic rings. The van der Waals surface area contributed by atoms with E-state index >= 15 is 0 Å². The highest BCUT2D eigenvalue weighted by atomic mass is 35.5. The minimum atomic E-state index is -0.487. The molecule has 6 nitrogen and oxygen atoms in total. The number of carbonyl (C=O) groups excluding carboxylic acids is 1. The van der Waals surface area contributed by atoms with E-state index in [-0.39, 0.29) is 29.8 Å². The molecule has 0 fully saturated rings.